The number of nitrogens with one attached hydrogen (secondary N) is 1. The lowest BCUT2D eigenvalue weighted by Crippen LogP contribution is -2.24. The number of nitrogens with zero attached hydrogens (tertiary/aromatic N) is 1. The summed E-state index contributed by atoms with van der Waals surface area (Å²) in [4.78, 5) is 21.6. The summed E-state index contributed by atoms with van der Waals surface area (Å²) in [5.74, 6) is -1.11. The van der Waals surface area contributed by atoms with Crippen molar-refractivity contribution in [3.63, 3.8) is 0 Å². The lowest BCUT2D eigenvalue weighted by Gasteiger charge is -2.17. The van der Waals surface area contributed by atoms with Crippen LogP contribution in [0.25, 0.3) is 0 Å². The number of benzene rings is 1. The summed E-state index contributed by atoms with van der Waals surface area (Å²) in [6.45, 7) is 0.439. The first-order valence-electron chi connectivity index (χ1n) is 6.39. The number of hydrogen-bond acceptors (Lipinski definition) is 4. The first kappa shape index (κ1) is 14.8. The smallest absolute Gasteiger partial charge is 0.306 e. The molecule has 0 saturated heterocycles. The Hall–Kier alpha value is -1.63. The van der Waals surface area contributed by atoms with E-state index in [0.717, 1.165) is 17.3 Å². The molecule has 1 aromatic carbocycles. The van der Waals surface area contributed by atoms with Gasteiger partial charge in [-0.25, -0.2) is 0 Å². The zero-order valence-corrected chi connectivity index (χ0v) is 12.3. The minimum atomic E-state index is -0.780. The topological polar surface area (TPSA) is 92.5 Å². The molecule has 0 heterocycles. The predicted octanol–water partition coefficient (Wildman–Crippen LogP) is 3.27. The molecule has 1 fully saturated rings. The summed E-state index contributed by atoms with van der Waals surface area (Å²) >= 11 is 3.28. The number of carboxylic acid groups (broad SMARTS) is 1. The average Bonchev–Trinajstić information content (AvgIpc) is 2.84. The molecule has 0 spiro atoms. The molecule has 20 heavy (non-hydrogen) atoms. The maximum absolute atomic E-state index is 11.1. The van der Waals surface area contributed by atoms with E-state index in [-0.39, 0.29) is 17.5 Å². The Kier molecular flexibility index (Phi) is 4.59. The molecule has 1 aromatic rings. The summed E-state index contributed by atoms with van der Waals surface area (Å²) in [7, 11) is 0. The van der Waals surface area contributed by atoms with Crippen LogP contribution in [0.1, 0.15) is 19.3 Å². The summed E-state index contributed by atoms with van der Waals surface area (Å²) in [6.07, 6.45) is 2.41. The molecule has 2 unspecified atom stereocenters. The van der Waals surface area contributed by atoms with Crippen LogP contribution in [-0.2, 0) is 4.79 Å². The number of nitro benzene ring substituents is 1. The van der Waals surface area contributed by atoms with Gasteiger partial charge in [-0.3, -0.25) is 14.9 Å². The van der Waals surface area contributed by atoms with Crippen molar-refractivity contribution in [2.24, 2.45) is 11.8 Å². The zero-order chi connectivity index (χ0) is 14.7. The van der Waals surface area contributed by atoms with Gasteiger partial charge in [0.05, 0.1) is 10.8 Å². The minimum absolute atomic E-state index is 0.00179. The van der Waals surface area contributed by atoms with Crippen LogP contribution in [0.2, 0.25) is 0 Å². The van der Waals surface area contributed by atoms with E-state index in [1.807, 2.05) is 0 Å². The molecule has 7 heteroatoms. The van der Waals surface area contributed by atoms with E-state index in [2.05, 4.69) is 21.2 Å². The van der Waals surface area contributed by atoms with Crippen LogP contribution in [0.15, 0.2) is 22.7 Å². The van der Waals surface area contributed by atoms with Crippen molar-refractivity contribution in [3.8, 4) is 0 Å². The van der Waals surface area contributed by atoms with Crippen LogP contribution in [0.3, 0.4) is 0 Å². The van der Waals surface area contributed by atoms with E-state index in [4.69, 9.17) is 5.11 Å². The number of anilines is 1. The molecule has 1 aliphatic rings. The van der Waals surface area contributed by atoms with E-state index in [1.165, 1.54) is 6.07 Å². The maximum atomic E-state index is 11.1. The molecule has 0 amide bonds. The molecule has 1 aliphatic carbocycles. The molecular weight excluding hydrogens is 328 g/mol. The molecule has 2 rings (SSSR count). The monoisotopic (exact) mass is 342 g/mol. The van der Waals surface area contributed by atoms with Gasteiger partial charge in [0.25, 0.3) is 5.69 Å². The normalized spacial score (nSPS) is 21.6. The molecular formula is C13H15BrN2O4. The third kappa shape index (κ3) is 3.27. The fourth-order valence-electron chi connectivity index (χ4n) is 2.66. The maximum Gasteiger partial charge on any atom is 0.306 e. The second-order valence-electron chi connectivity index (χ2n) is 4.94. The second-order valence-corrected chi connectivity index (χ2v) is 5.85. The SMILES string of the molecule is O=C(O)C1CCCC1CNc1cc(Br)ccc1[N+](=O)[O-]. The molecule has 108 valence electrons. The highest BCUT2D eigenvalue weighted by atomic mass is 79.9. The minimum Gasteiger partial charge on any atom is -0.481 e. The fourth-order valence-corrected chi connectivity index (χ4v) is 3.02. The van der Waals surface area contributed by atoms with E-state index in [0.29, 0.717) is 18.7 Å². The van der Waals surface area contributed by atoms with Gasteiger partial charge in [-0.2, -0.15) is 0 Å². The molecule has 6 nitrogen and oxygen atoms in total. The average molecular weight is 343 g/mol. The molecule has 0 bridgehead atoms. The van der Waals surface area contributed by atoms with Gasteiger partial charge in [0, 0.05) is 17.1 Å². The van der Waals surface area contributed by atoms with E-state index in [9.17, 15) is 14.9 Å². The van der Waals surface area contributed by atoms with Gasteiger partial charge in [-0.15, -0.1) is 0 Å². The first-order valence-corrected chi connectivity index (χ1v) is 7.19. The number of aliphatic carboxylic acids is 1. The lowest BCUT2D eigenvalue weighted by atomic mass is 9.96. The molecule has 0 aliphatic heterocycles. The van der Waals surface area contributed by atoms with Crippen LogP contribution in [0, 0.1) is 22.0 Å². The van der Waals surface area contributed by atoms with Crippen LogP contribution in [0.5, 0.6) is 0 Å². The molecule has 2 N–H and O–H groups in total. The number of carboxylic acids is 1. The second kappa shape index (κ2) is 6.21. The number of nitro groups is 1. The Morgan fingerprint density at radius 1 is 1.50 bits per heavy atom. The summed E-state index contributed by atoms with van der Waals surface area (Å²) in [5.41, 5.74) is 0.415. The van der Waals surface area contributed by atoms with Crippen LogP contribution >= 0.6 is 15.9 Å². The fraction of sp³-hybridized carbons (Fsp3) is 0.462. The molecule has 0 aromatic heterocycles. The van der Waals surface area contributed by atoms with Crippen molar-refractivity contribution in [3.05, 3.63) is 32.8 Å². The van der Waals surface area contributed by atoms with Crippen molar-refractivity contribution in [2.45, 2.75) is 19.3 Å². The predicted molar refractivity (Wildman–Crippen MR) is 77.8 cm³/mol. The van der Waals surface area contributed by atoms with Gasteiger partial charge in [-0.05, 0) is 30.9 Å². The Morgan fingerprint density at radius 2 is 2.25 bits per heavy atom. The Labute approximate surface area is 124 Å². The number of halogens is 1. The Morgan fingerprint density at radius 3 is 2.90 bits per heavy atom. The largest absolute Gasteiger partial charge is 0.481 e. The number of rotatable bonds is 5. The standard InChI is InChI=1S/C13H15BrN2O4/c14-9-4-5-12(16(19)20)11(6-9)15-7-8-2-1-3-10(8)13(17)18/h4-6,8,10,15H,1-3,7H2,(H,17,18). The number of hydrogen-bond donors (Lipinski definition) is 2. The van der Waals surface area contributed by atoms with Gasteiger partial charge in [0.2, 0.25) is 0 Å². The van der Waals surface area contributed by atoms with Crippen molar-refractivity contribution in [1.29, 1.82) is 0 Å². The van der Waals surface area contributed by atoms with E-state index in [1.54, 1.807) is 12.1 Å². The number of carbonyl (C=O) groups is 1. The Balaban J connectivity index is 2.09. The quantitative estimate of drug-likeness (QED) is 0.632. The lowest BCUT2D eigenvalue weighted by molar-refractivity contribution is -0.384. The van der Waals surface area contributed by atoms with E-state index >= 15 is 0 Å². The van der Waals surface area contributed by atoms with Gasteiger partial charge >= 0.3 is 5.97 Å². The van der Waals surface area contributed by atoms with Crippen molar-refractivity contribution in [1.82, 2.24) is 0 Å². The molecule has 1 saturated carbocycles. The van der Waals surface area contributed by atoms with Gasteiger partial charge in [0.1, 0.15) is 5.69 Å². The van der Waals surface area contributed by atoms with Crippen LogP contribution < -0.4 is 5.32 Å². The molecule has 0 radical (unpaired) electrons. The molecule has 2 atom stereocenters. The summed E-state index contributed by atoms with van der Waals surface area (Å²) in [5, 5.41) is 23.1. The summed E-state index contributed by atoms with van der Waals surface area (Å²) in [6, 6.07) is 4.68. The van der Waals surface area contributed by atoms with Crippen LogP contribution in [-0.4, -0.2) is 22.5 Å². The third-order valence-electron chi connectivity index (χ3n) is 3.69. The highest BCUT2D eigenvalue weighted by molar-refractivity contribution is 9.10. The van der Waals surface area contributed by atoms with Crippen molar-refractivity contribution >= 4 is 33.3 Å². The zero-order valence-electron chi connectivity index (χ0n) is 10.7. The van der Waals surface area contributed by atoms with Gasteiger partial charge < -0.3 is 10.4 Å². The van der Waals surface area contributed by atoms with Crippen molar-refractivity contribution in [2.75, 3.05) is 11.9 Å². The highest BCUT2D eigenvalue weighted by Gasteiger charge is 2.32. The first-order chi connectivity index (χ1) is 9.49. The van der Waals surface area contributed by atoms with Crippen molar-refractivity contribution < 1.29 is 14.8 Å². The Bertz CT molecular complexity index is 535. The summed E-state index contributed by atoms with van der Waals surface area (Å²) < 4.78 is 0.742. The third-order valence-corrected chi connectivity index (χ3v) is 4.18. The highest BCUT2D eigenvalue weighted by Crippen LogP contribution is 2.33. The van der Waals surface area contributed by atoms with E-state index < -0.39 is 10.9 Å². The van der Waals surface area contributed by atoms with Gasteiger partial charge in [0.15, 0.2) is 0 Å². The van der Waals surface area contributed by atoms with Gasteiger partial charge in [-0.1, -0.05) is 22.4 Å². The van der Waals surface area contributed by atoms with Crippen LogP contribution in [0.4, 0.5) is 11.4 Å².